The van der Waals surface area contributed by atoms with Gasteiger partial charge in [0.15, 0.2) is 0 Å². The monoisotopic (exact) mass is 336 g/mol. The van der Waals surface area contributed by atoms with Crippen molar-refractivity contribution < 1.29 is 4.39 Å². The molecule has 6 heteroatoms. The SMILES string of the molecule is C=C(NCc1cc2cc(Cl)ccc2[nH]1)NC1CN(C)CCC1F. The maximum Gasteiger partial charge on any atom is 0.123 e. The summed E-state index contributed by atoms with van der Waals surface area (Å²) in [5.74, 6) is 0.643. The van der Waals surface area contributed by atoms with Crippen molar-refractivity contribution in [3.05, 3.63) is 47.4 Å². The van der Waals surface area contributed by atoms with Gasteiger partial charge in [-0.2, -0.15) is 0 Å². The minimum Gasteiger partial charge on any atom is -0.367 e. The zero-order valence-electron chi connectivity index (χ0n) is 13.2. The number of fused-ring (bicyclic) bond motifs is 1. The van der Waals surface area contributed by atoms with Crippen LogP contribution in [0, 0.1) is 0 Å². The van der Waals surface area contributed by atoms with E-state index in [1.165, 1.54) is 0 Å². The third-order valence-corrected chi connectivity index (χ3v) is 4.46. The van der Waals surface area contributed by atoms with E-state index in [1.54, 1.807) is 0 Å². The number of rotatable bonds is 5. The highest BCUT2D eigenvalue weighted by Crippen LogP contribution is 2.20. The van der Waals surface area contributed by atoms with Crippen LogP contribution >= 0.6 is 11.6 Å². The largest absolute Gasteiger partial charge is 0.367 e. The molecule has 124 valence electrons. The first-order chi connectivity index (χ1) is 11.0. The number of halogens is 2. The molecule has 2 heterocycles. The molecular formula is C17H22ClFN4. The number of aromatic nitrogens is 1. The lowest BCUT2D eigenvalue weighted by molar-refractivity contribution is 0.132. The molecule has 23 heavy (non-hydrogen) atoms. The Kier molecular flexibility index (Phi) is 4.78. The van der Waals surface area contributed by atoms with E-state index in [0.29, 0.717) is 25.3 Å². The van der Waals surface area contributed by atoms with Gasteiger partial charge in [-0.3, -0.25) is 0 Å². The number of alkyl halides is 1. The number of likely N-dealkylation sites (tertiary alicyclic amines) is 1. The van der Waals surface area contributed by atoms with Crippen LogP contribution in [0.2, 0.25) is 5.02 Å². The first-order valence-corrected chi connectivity index (χ1v) is 8.18. The lowest BCUT2D eigenvalue weighted by atomic mass is 10.0. The van der Waals surface area contributed by atoms with Gasteiger partial charge in [0.1, 0.15) is 6.17 Å². The molecule has 1 fully saturated rings. The van der Waals surface area contributed by atoms with Gasteiger partial charge < -0.3 is 20.5 Å². The summed E-state index contributed by atoms with van der Waals surface area (Å²) in [7, 11) is 2.01. The molecule has 4 nitrogen and oxygen atoms in total. The fourth-order valence-corrected chi connectivity index (χ4v) is 3.14. The van der Waals surface area contributed by atoms with E-state index >= 15 is 0 Å². The van der Waals surface area contributed by atoms with Crippen molar-refractivity contribution in [3.8, 4) is 0 Å². The quantitative estimate of drug-likeness (QED) is 0.786. The summed E-state index contributed by atoms with van der Waals surface area (Å²) in [6.07, 6.45) is -0.274. The number of aromatic amines is 1. The van der Waals surface area contributed by atoms with Crippen LogP contribution in [0.5, 0.6) is 0 Å². The second-order valence-corrected chi connectivity index (χ2v) is 6.61. The number of benzene rings is 1. The zero-order valence-corrected chi connectivity index (χ0v) is 14.0. The van der Waals surface area contributed by atoms with Crippen LogP contribution in [0.1, 0.15) is 12.1 Å². The molecule has 0 bridgehead atoms. The van der Waals surface area contributed by atoms with Crippen molar-refractivity contribution in [2.45, 2.75) is 25.2 Å². The first kappa shape index (κ1) is 16.1. The topological polar surface area (TPSA) is 43.1 Å². The van der Waals surface area contributed by atoms with E-state index in [1.807, 2.05) is 31.3 Å². The maximum atomic E-state index is 13.9. The molecule has 0 radical (unpaired) electrons. The van der Waals surface area contributed by atoms with E-state index in [9.17, 15) is 4.39 Å². The Morgan fingerprint density at radius 2 is 2.30 bits per heavy atom. The van der Waals surface area contributed by atoms with Gasteiger partial charge in [-0.15, -0.1) is 0 Å². The highest BCUT2D eigenvalue weighted by atomic mass is 35.5. The van der Waals surface area contributed by atoms with Gasteiger partial charge in [-0.05, 0) is 37.7 Å². The summed E-state index contributed by atoms with van der Waals surface area (Å²) < 4.78 is 13.9. The first-order valence-electron chi connectivity index (χ1n) is 7.80. The van der Waals surface area contributed by atoms with Crippen molar-refractivity contribution >= 4 is 22.5 Å². The van der Waals surface area contributed by atoms with Gasteiger partial charge in [0.2, 0.25) is 0 Å². The third-order valence-electron chi connectivity index (χ3n) is 4.22. The fourth-order valence-electron chi connectivity index (χ4n) is 2.96. The molecule has 2 unspecified atom stereocenters. The van der Waals surface area contributed by atoms with Crippen LogP contribution in [0.4, 0.5) is 4.39 Å². The number of nitrogens with zero attached hydrogens (tertiary/aromatic N) is 1. The molecule has 2 aromatic rings. The van der Waals surface area contributed by atoms with Gasteiger partial charge in [0.25, 0.3) is 0 Å². The number of hydrogen-bond acceptors (Lipinski definition) is 3. The smallest absolute Gasteiger partial charge is 0.123 e. The second kappa shape index (κ2) is 6.81. The summed E-state index contributed by atoms with van der Waals surface area (Å²) in [6, 6.07) is 7.58. The molecular weight excluding hydrogens is 315 g/mol. The summed E-state index contributed by atoms with van der Waals surface area (Å²) in [6.45, 7) is 6.03. The predicted octanol–water partition coefficient (Wildman–Crippen LogP) is 3.01. The average Bonchev–Trinajstić information content (AvgIpc) is 2.91. The average molecular weight is 337 g/mol. The molecule has 1 aliphatic rings. The predicted molar refractivity (Wildman–Crippen MR) is 93.2 cm³/mol. The highest BCUT2D eigenvalue weighted by molar-refractivity contribution is 6.31. The number of likely N-dealkylation sites (N-methyl/N-ethyl adjacent to an activating group) is 1. The highest BCUT2D eigenvalue weighted by Gasteiger charge is 2.27. The van der Waals surface area contributed by atoms with Crippen LogP contribution in [-0.2, 0) is 6.54 Å². The Labute approximate surface area is 140 Å². The number of nitrogens with one attached hydrogen (secondary N) is 3. The zero-order chi connectivity index (χ0) is 16.4. The van der Waals surface area contributed by atoms with Crippen LogP contribution in [-0.4, -0.2) is 42.2 Å². The maximum absolute atomic E-state index is 13.9. The minimum absolute atomic E-state index is 0.213. The van der Waals surface area contributed by atoms with Crippen molar-refractivity contribution in [2.24, 2.45) is 0 Å². The van der Waals surface area contributed by atoms with E-state index in [4.69, 9.17) is 11.6 Å². The molecule has 1 aliphatic heterocycles. The second-order valence-electron chi connectivity index (χ2n) is 6.18. The molecule has 1 aromatic heterocycles. The lowest BCUT2D eigenvalue weighted by Crippen LogP contribution is -2.51. The van der Waals surface area contributed by atoms with E-state index in [0.717, 1.165) is 28.2 Å². The van der Waals surface area contributed by atoms with Gasteiger partial charge in [-0.25, -0.2) is 4.39 Å². The lowest BCUT2D eigenvalue weighted by Gasteiger charge is -2.34. The molecule has 3 N–H and O–H groups in total. The molecule has 0 amide bonds. The molecule has 3 rings (SSSR count). The molecule has 0 aliphatic carbocycles. The Morgan fingerprint density at radius 1 is 1.48 bits per heavy atom. The van der Waals surface area contributed by atoms with Crippen LogP contribution in [0.15, 0.2) is 36.7 Å². The van der Waals surface area contributed by atoms with Gasteiger partial charge >= 0.3 is 0 Å². The van der Waals surface area contributed by atoms with Crippen LogP contribution < -0.4 is 10.6 Å². The van der Waals surface area contributed by atoms with Crippen LogP contribution in [0.25, 0.3) is 10.9 Å². The number of H-pyrrole nitrogens is 1. The Bertz CT molecular complexity index is 699. The fraction of sp³-hybridized carbons (Fsp3) is 0.412. The normalized spacial score (nSPS) is 22.2. The summed E-state index contributed by atoms with van der Waals surface area (Å²) in [5.41, 5.74) is 2.07. The Morgan fingerprint density at radius 3 is 3.13 bits per heavy atom. The Hall–Kier alpha value is -1.72. The molecule has 1 saturated heterocycles. The standard InChI is InChI=1S/C17H22ClFN4/c1-11(21-17-10-23(2)6-5-15(17)19)20-9-14-8-12-7-13(18)3-4-16(12)22-14/h3-4,7-8,15,17,20-22H,1,5-6,9-10H2,2H3. The van der Waals surface area contributed by atoms with E-state index in [2.05, 4.69) is 27.1 Å². The summed E-state index contributed by atoms with van der Waals surface area (Å²) in [4.78, 5) is 5.45. The van der Waals surface area contributed by atoms with Crippen molar-refractivity contribution in [3.63, 3.8) is 0 Å². The molecule has 0 spiro atoms. The van der Waals surface area contributed by atoms with Crippen LogP contribution in [0.3, 0.4) is 0 Å². The minimum atomic E-state index is -0.833. The van der Waals surface area contributed by atoms with Gasteiger partial charge in [0, 0.05) is 34.7 Å². The van der Waals surface area contributed by atoms with Crippen molar-refractivity contribution in [1.82, 2.24) is 20.5 Å². The van der Waals surface area contributed by atoms with E-state index in [-0.39, 0.29) is 6.04 Å². The van der Waals surface area contributed by atoms with Crippen molar-refractivity contribution in [2.75, 3.05) is 20.1 Å². The number of hydrogen-bond donors (Lipinski definition) is 3. The molecule has 1 aromatic carbocycles. The summed E-state index contributed by atoms with van der Waals surface area (Å²) in [5, 5.41) is 8.15. The Balaban J connectivity index is 1.55. The summed E-state index contributed by atoms with van der Waals surface area (Å²) >= 11 is 6.00. The van der Waals surface area contributed by atoms with Gasteiger partial charge in [-0.1, -0.05) is 18.2 Å². The number of piperidine rings is 1. The third kappa shape index (κ3) is 3.98. The molecule has 2 atom stereocenters. The van der Waals surface area contributed by atoms with Crippen molar-refractivity contribution in [1.29, 1.82) is 0 Å². The van der Waals surface area contributed by atoms with E-state index < -0.39 is 6.17 Å². The molecule has 0 saturated carbocycles. The van der Waals surface area contributed by atoms with Gasteiger partial charge in [0.05, 0.1) is 18.4 Å².